The Morgan fingerprint density at radius 2 is 0.971 bits per heavy atom. The van der Waals surface area contributed by atoms with E-state index in [1.165, 1.54) is 33.4 Å². The topological polar surface area (TPSA) is 63.9 Å². The van der Waals surface area contributed by atoms with E-state index in [-0.39, 0.29) is 5.43 Å². The van der Waals surface area contributed by atoms with Crippen molar-refractivity contribution in [3.05, 3.63) is 256 Å². The molecule has 3 aliphatic rings. The second kappa shape index (κ2) is 14.1. The highest BCUT2D eigenvalue weighted by Crippen LogP contribution is 2.64. The Labute approximate surface area is 393 Å². The second-order valence-electron chi connectivity index (χ2n) is 18.6. The molecule has 0 bridgehead atoms. The first kappa shape index (κ1) is 38.5. The third kappa shape index (κ3) is 5.11. The summed E-state index contributed by atoms with van der Waals surface area (Å²) in [6.07, 6.45) is 0. The van der Waals surface area contributed by atoms with Crippen molar-refractivity contribution < 1.29 is 0 Å². The van der Waals surface area contributed by atoms with Gasteiger partial charge in [-0.3, -0.25) is 9.69 Å². The first-order valence-electron chi connectivity index (χ1n) is 23.2. The highest BCUT2D eigenvalue weighted by atomic mass is 16.1. The number of hydrogen-bond donors (Lipinski definition) is 0. The summed E-state index contributed by atoms with van der Waals surface area (Å²) in [5.41, 5.74) is 17.3. The van der Waals surface area contributed by atoms with Gasteiger partial charge < -0.3 is 4.57 Å². The predicted octanol–water partition coefficient (Wildman–Crippen LogP) is 14.1. The molecular weight excluding hydrogens is 831 g/mol. The summed E-state index contributed by atoms with van der Waals surface area (Å²) in [4.78, 5) is 33.4. The van der Waals surface area contributed by atoms with E-state index in [4.69, 9.17) is 15.0 Å². The number of rotatable bonds is 4. The van der Waals surface area contributed by atoms with Crippen LogP contribution in [0.1, 0.15) is 47.2 Å². The van der Waals surface area contributed by atoms with Crippen LogP contribution in [0.4, 0.5) is 17.3 Å². The normalized spacial score (nSPS) is 14.3. The molecule has 0 radical (unpaired) electrons. The maximum atomic E-state index is 14.9. The minimum atomic E-state index is -0.526. The summed E-state index contributed by atoms with van der Waals surface area (Å²) in [7, 11) is 0. The molecule has 11 aromatic rings. The van der Waals surface area contributed by atoms with E-state index >= 15 is 0 Å². The molecule has 0 N–H and O–H groups in total. The van der Waals surface area contributed by atoms with Crippen LogP contribution >= 0.6 is 0 Å². The van der Waals surface area contributed by atoms with Gasteiger partial charge in [-0.2, -0.15) is 9.97 Å². The maximum absolute atomic E-state index is 14.9. The van der Waals surface area contributed by atoms with Crippen LogP contribution in [0.25, 0.3) is 72.5 Å². The van der Waals surface area contributed by atoms with Crippen molar-refractivity contribution in [3.63, 3.8) is 0 Å². The van der Waals surface area contributed by atoms with E-state index in [0.717, 1.165) is 61.5 Å². The van der Waals surface area contributed by atoms with Gasteiger partial charge >= 0.3 is 0 Å². The van der Waals surface area contributed by atoms with Crippen LogP contribution in [-0.4, -0.2) is 19.5 Å². The smallest absolute Gasteiger partial charge is 0.238 e. The van der Waals surface area contributed by atoms with Crippen molar-refractivity contribution in [1.29, 1.82) is 0 Å². The van der Waals surface area contributed by atoms with Gasteiger partial charge in [0.1, 0.15) is 0 Å². The zero-order valence-corrected chi connectivity index (χ0v) is 37.4. The average molecular weight is 872 g/mol. The van der Waals surface area contributed by atoms with Crippen molar-refractivity contribution in [2.45, 2.75) is 24.7 Å². The van der Waals surface area contributed by atoms with Crippen molar-refractivity contribution in [2.24, 2.45) is 0 Å². The van der Waals surface area contributed by atoms with Gasteiger partial charge in [0.05, 0.1) is 27.8 Å². The number of fused-ring (bicyclic) bond motifs is 14. The number of nitrogens with zero attached hydrogens (tertiary/aromatic N) is 5. The summed E-state index contributed by atoms with van der Waals surface area (Å²) in [6.45, 7) is 4.54. The summed E-state index contributed by atoms with van der Waals surface area (Å²) >= 11 is 0. The standard InChI is InChI=1S/C62H41N5O/c1-61(2)49-32-16-18-35-53(49)67(55-36-45-54(37-51(55)61)66(39-22-7-4-8-23-39)52-34-17-12-27-43(52)57(45)68)60-64-58(38-20-5-3-6-21-38)63-59(65-60)44-28-19-33-50-56(44)42-26-11-15-31-48(42)62(50)46-29-13-9-24-40(46)41-25-10-14-30-47(41)62/h3-37H,1-2H3. The van der Waals surface area contributed by atoms with E-state index < -0.39 is 10.8 Å². The van der Waals surface area contributed by atoms with E-state index in [1.54, 1.807) is 0 Å². The zero-order valence-electron chi connectivity index (χ0n) is 37.4. The number of benzene rings is 9. The molecular formula is C62H41N5O. The lowest BCUT2D eigenvalue weighted by Crippen LogP contribution is -2.32. The van der Waals surface area contributed by atoms with Gasteiger partial charge in [0.15, 0.2) is 17.1 Å². The molecule has 2 aromatic heterocycles. The van der Waals surface area contributed by atoms with Crippen LogP contribution in [0, 0.1) is 0 Å². The van der Waals surface area contributed by atoms with Crippen molar-refractivity contribution in [1.82, 2.24) is 19.5 Å². The molecule has 0 fully saturated rings. The van der Waals surface area contributed by atoms with E-state index in [0.29, 0.717) is 28.4 Å². The number of hydrogen-bond acceptors (Lipinski definition) is 5. The van der Waals surface area contributed by atoms with Crippen LogP contribution in [0.3, 0.4) is 0 Å². The van der Waals surface area contributed by atoms with Crippen LogP contribution in [0.5, 0.6) is 0 Å². The number of pyridine rings is 1. The lowest BCUT2D eigenvalue weighted by molar-refractivity contribution is 0.631. The number of anilines is 3. The molecule has 9 aromatic carbocycles. The molecule has 6 nitrogen and oxygen atoms in total. The Kier molecular flexibility index (Phi) is 8.01. The molecule has 6 heteroatoms. The van der Waals surface area contributed by atoms with Crippen molar-refractivity contribution in [2.75, 3.05) is 4.90 Å². The fourth-order valence-electron chi connectivity index (χ4n) is 11.9. The van der Waals surface area contributed by atoms with Gasteiger partial charge in [0.25, 0.3) is 0 Å². The van der Waals surface area contributed by atoms with Crippen LogP contribution in [0.2, 0.25) is 0 Å². The average Bonchev–Trinajstić information content (AvgIpc) is 3.87. The number of aromatic nitrogens is 4. The molecule has 0 amide bonds. The quantitative estimate of drug-likeness (QED) is 0.165. The molecule has 1 spiro atoms. The molecule has 0 saturated carbocycles. The Bertz CT molecular complexity index is 3940. The van der Waals surface area contributed by atoms with Crippen molar-refractivity contribution in [3.8, 4) is 50.7 Å². The molecule has 0 unspecified atom stereocenters. The monoisotopic (exact) mass is 871 g/mol. The van der Waals surface area contributed by atoms with E-state index in [2.05, 4.69) is 175 Å². The third-order valence-corrected chi connectivity index (χ3v) is 14.9. The fourth-order valence-corrected chi connectivity index (χ4v) is 11.9. The van der Waals surface area contributed by atoms with Crippen LogP contribution < -0.4 is 10.3 Å². The largest absolute Gasteiger partial charge is 0.309 e. The van der Waals surface area contributed by atoms with Gasteiger partial charge in [0.2, 0.25) is 5.95 Å². The highest BCUT2D eigenvalue weighted by molar-refractivity contribution is 6.01. The summed E-state index contributed by atoms with van der Waals surface area (Å²) in [6, 6.07) is 74.5. The lowest BCUT2D eigenvalue weighted by atomic mass is 9.70. The van der Waals surface area contributed by atoms with Gasteiger partial charge in [-0.15, -0.1) is 0 Å². The SMILES string of the molecule is CC1(C)c2ccccc2N(c2nc(-c3ccccc3)nc(-c3cccc4c3-c3ccccc3C43c4ccccc4-c4ccccc43)n2)c2cc3c(=O)c4ccccc4n(-c4ccccc4)c3cc21. The van der Waals surface area contributed by atoms with Gasteiger partial charge in [0, 0.05) is 33.0 Å². The molecule has 320 valence electrons. The van der Waals surface area contributed by atoms with Gasteiger partial charge in [-0.25, -0.2) is 4.98 Å². The fraction of sp³-hybridized carbons (Fsp3) is 0.0645. The Balaban J connectivity index is 1.06. The molecule has 68 heavy (non-hydrogen) atoms. The predicted molar refractivity (Wildman–Crippen MR) is 274 cm³/mol. The van der Waals surface area contributed by atoms with E-state index in [9.17, 15) is 4.79 Å². The van der Waals surface area contributed by atoms with E-state index in [1.807, 2.05) is 60.7 Å². The third-order valence-electron chi connectivity index (χ3n) is 14.9. The Hall–Kier alpha value is -8.74. The molecule has 0 atom stereocenters. The van der Waals surface area contributed by atoms with Crippen LogP contribution in [0.15, 0.2) is 217 Å². The lowest BCUT2D eigenvalue weighted by Gasteiger charge is -2.41. The highest BCUT2D eigenvalue weighted by Gasteiger charge is 2.52. The van der Waals surface area contributed by atoms with Gasteiger partial charge in [-0.1, -0.05) is 184 Å². The first-order valence-corrected chi connectivity index (χ1v) is 23.2. The molecule has 1 aliphatic heterocycles. The summed E-state index contributed by atoms with van der Waals surface area (Å²) in [5.74, 6) is 1.60. The zero-order chi connectivity index (χ0) is 45.3. The van der Waals surface area contributed by atoms with Crippen molar-refractivity contribution >= 4 is 39.1 Å². The first-order chi connectivity index (χ1) is 33.4. The molecule has 3 heterocycles. The second-order valence-corrected chi connectivity index (χ2v) is 18.6. The summed E-state index contributed by atoms with van der Waals surface area (Å²) in [5, 5.41) is 1.27. The minimum Gasteiger partial charge on any atom is -0.309 e. The maximum Gasteiger partial charge on any atom is 0.238 e. The minimum absolute atomic E-state index is 0.0222. The molecule has 14 rings (SSSR count). The number of para-hydroxylation sites is 3. The Morgan fingerprint density at radius 3 is 1.71 bits per heavy atom. The van der Waals surface area contributed by atoms with Crippen LogP contribution in [-0.2, 0) is 10.8 Å². The summed E-state index contributed by atoms with van der Waals surface area (Å²) < 4.78 is 2.23. The molecule has 2 aliphatic carbocycles. The Morgan fingerprint density at radius 1 is 0.412 bits per heavy atom. The molecule has 0 saturated heterocycles. The van der Waals surface area contributed by atoms with Gasteiger partial charge in [-0.05, 0) is 98.1 Å².